The van der Waals surface area contributed by atoms with E-state index in [4.69, 9.17) is 9.84 Å². The molecule has 1 aliphatic rings. The highest BCUT2D eigenvalue weighted by atomic mass is 32.2. The topological polar surface area (TPSA) is 78.9 Å². The van der Waals surface area contributed by atoms with Crippen LogP contribution < -0.4 is 4.83 Å². The van der Waals surface area contributed by atoms with Gasteiger partial charge >= 0.3 is 0 Å². The van der Waals surface area contributed by atoms with Gasteiger partial charge in [-0.2, -0.15) is 0 Å². The van der Waals surface area contributed by atoms with Crippen molar-refractivity contribution in [3.05, 3.63) is 35.4 Å². The van der Waals surface area contributed by atoms with E-state index >= 15 is 0 Å². The van der Waals surface area contributed by atoms with E-state index in [0.29, 0.717) is 37.4 Å². The molecule has 0 saturated carbocycles. The lowest BCUT2D eigenvalue weighted by molar-refractivity contribution is 0.0272. The number of benzene rings is 1. The molecule has 0 spiro atoms. The Labute approximate surface area is 113 Å². The summed E-state index contributed by atoms with van der Waals surface area (Å²) in [4.78, 5) is 2.54. The fourth-order valence-electron chi connectivity index (χ4n) is 1.92. The Morgan fingerprint density at radius 1 is 1.26 bits per heavy atom. The second-order valence-corrected chi connectivity index (χ2v) is 6.13. The molecule has 0 radical (unpaired) electrons. The van der Waals surface area contributed by atoms with E-state index in [1.165, 1.54) is 0 Å². The van der Waals surface area contributed by atoms with Gasteiger partial charge in [0.2, 0.25) is 10.0 Å². The lowest BCUT2D eigenvalue weighted by Gasteiger charge is -2.26. The molecule has 0 bridgehead atoms. The number of nitrogens with one attached hydrogen (secondary N) is 1. The molecule has 0 aromatic heterocycles. The predicted molar refractivity (Wildman–Crippen MR) is 70.5 cm³/mol. The highest BCUT2D eigenvalue weighted by Gasteiger charge is 2.18. The van der Waals surface area contributed by atoms with Crippen molar-refractivity contribution >= 4 is 10.0 Å². The normalized spacial score (nSPS) is 17.5. The van der Waals surface area contributed by atoms with Gasteiger partial charge in [-0.25, -0.2) is 13.4 Å². The zero-order valence-electron chi connectivity index (χ0n) is 10.6. The highest BCUT2D eigenvalue weighted by Crippen LogP contribution is 2.09. The first-order valence-electron chi connectivity index (χ1n) is 6.10. The molecule has 2 rings (SSSR count). The van der Waals surface area contributed by atoms with Crippen molar-refractivity contribution in [1.82, 2.24) is 9.84 Å². The van der Waals surface area contributed by atoms with Crippen molar-refractivity contribution in [2.45, 2.75) is 12.4 Å². The Kier molecular flexibility index (Phi) is 4.89. The second-order valence-electron chi connectivity index (χ2n) is 4.43. The van der Waals surface area contributed by atoms with Crippen LogP contribution in [-0.2, 0) is 27.1 Å². The number of nitrogens with zero attached hydrogens (tertiary/aromatic N) is 1. The third-order valence-corrected chi connectivity index (χ3v) is 4.06. The molecule has 0 amide bonds. The molecule has 1 aliphatic heterocycles. The van der Waals surface area contributed by atoms with E-state index in [9.17, 15) is 8.42 Å². The average Bonchev–Trinajstić information content (AvgIpc) is 2.39. The molecule has 1 aromatic carbocycles. The van der Waals surface area contributed by atoms with E-state index in [1.807, 2.05) is 0 Å². The Morgan fingerprint density at radius 2 is 1.95 bits per heavy atom. The van der Waals surface area contributed by atoms with Gasteiger partial charge in [0.15, 0.2) is 0 Å². The minimum Gasteiger partial charge on any atom is -0.392 e. The number of aliphatic hydroxyl groups excluding tert-OH is 1. The predicted octanol–water partition coefficient (Wildman–Crippen LogP) is -0.155. The maximum Gasteiger partial charge on any atom is 0.228 e. The van der Waals surface area contributed by atoms with E-state index in [1.54, 1.807) is 29.3 Å². The third-order valence-electron chi connectivity index (χ3n) is 2.81. The number of morpholine rings is 1. The van der Waals surface area contributed by atoms with Gasteiger partial charge in [-0.3, -0.25) is 0 Å². The number of hydrogen-bond donors (Lipinski definition) is 2. The van der Waals surface area contributed by atoms with Crippen LogP contribution in [0.1, 0.15) is 11.1 Å². The lowest BCUT2D eigenvalue weighted by Crippen LogP contribution is -2.48. The van der Waals surface area contributed by atoms with Gasteiger partial charge in [-0.05, 0) is 11.1 Å². The first-order valence-corrected chi connectivity index (χ1v) is 7.76. The van der Waals surface area contributed by atoms with Crippen molar-refractivity contribution in [2.24, 2.45) is 0 Å². The number of aliphatic hydroxyl groups is 1. The maximum atomic E-state index is 12.0. The molecule has 0 aliphatic carbocycles. The van der Waals surface area contributed by atoms with Crippen LogP contribution in [0.2, 0.25) is 0 Å². The van der Waals surface area contributed by atoms with Gasteiger partial charge < -0.3 is 9.84 Å². The molecule has 1 fully saturated rings. The molecule has 6 nitrogen and oxygen atoms in total. The zero-order valence-corrected chi connectivity index (χ0v) is 11.4. The van der Waals surface area contributed by atoms with Crippen molar-refractivity contribution in [1.29, 1.82) is 0 Å². The maximum absolute atomic E-state index is 12.0. The lowest BCUT2D eigenvalue weighted by atomic mass is 10.1. The number of hydrogen-bond acceptors (Lipinski definition) is 5. The summed E-state index contributed by atoms with van der Waals surface area (Å²) >= 11 is 0. The number of sulfonamides is 1. The summed E-state index contributed by atoms with van der Waals surface area (Å²) in [6, 6.07) is 6.92. The van der Waals surface area contributed by atoms with Crippen LogP contribution in [-0.4, -0.2) is 44.8 Å². The molecular formula is C12H18N2O4S. The molecule has 2 N–H and O–H groups in total. The fourth-order valence-corrected chi connectivity index (χ4v) is 3.18. The molecule has 106 valence electrons. The molecule has 7 heteroatoms. The molecule has 1 aromatic rings. The SMILES string of the molecule is O=S(=O)(Cc1cccc(CO)c1)NN1CCOCC1. The number of hydrazine groups is 1. The minimum absolute atomic E-state index is 0.0925. The average molecular weight is 286 g/mol. The largest absolute Gasteiger partial charge is 0.392 e. The molecule has 19 heavy (non-hydrogen) atoms. The monoisotopic (exact) mass is 286 g/mol. The summed E-state index contributed by atoms with van der Waals surface area (Å²) in [6.45, 7) is 2.07. The number of rotatable bonds is 5. The summed E-state index contributed by atoms with van der Waals surface area (Å²) < 4.78 is 29.2. The summed E-state index contributed by atoms with van der Waals surface area (Å²) in [5, 5.41) is 10.7. The van der Waals surface area contributed by atoms with Gasteiger partial charge in [-0.1, -0.05) is 24.3 Å². The summed E-state index contributed by atoms with van der Waals surface area (Å²) in [5.41, 5.74) is 1.37. The first kappa shape index (κ1) is 14.4. The van der Waals surface area contributed by atoms with Crippen LogP contribution >= 0.6 is 0 Å². The Balaban J connectivity index is 1.99. The second kappa shape index (κ2) is 6.44. The van der Waals surface area contributed by atoms with E-state index in [-0.39, 0.29) is 12.4 Å². The standard InChI is InChI=1S/C12H18N2O4S/c15-9-11-2-1-3-12(8-11)10-19(16,17)13-14-4-6-18-7-5-14/h1-3,8,13,15H,4-7,9-10H2. The van der Waals surface area contributed by atoms with E-state index in [2.05, 4.69) is 4.83 Å². The van der Waals surface area contributed by atoms with Gasteiger partial charge in [0, 0.05) is 13.1 Å². The molecular weight excluding hydrogens is 268 g/mol. The van der Waals surface area contributed by atoms with Gasteiger partial charge in [-0.15, -0.1) is 4.83 Å². The van der Waals surface area contributed by atoms with Crippen molar-refractivity contribution in [2.75, 3.05) is 26.3 Å². The van der Waals surface area contributed by atoms with Gasteiger partial charge in [0.05, 0.1) is 25.6 Å². The van der Waals surface area contributed by atoms with Crippen molar-refractivity contribution < 1.29 is 18.3 Å². The van der Waals surface area contributed by atoms with Crippen LogP contribution in [0.4, 0.5) is 0 Å². The van der Waals surface area contributed by atoms with Crippen LogP contribution in [0, 0.1) is 0 Å². The highest BCUT2D eigenvalue weighted by molar-refractivity contribution is 7.88. The quantitative estimate of drug-likeness (QED) is 0.787. The van der Waals surface area contributed by atoms with E-state index in [0.717, 1.165) is 0 Å². The zero-order chi connectivity index (χ0) is 13.7. The molecule has 0 atom stereocenters. The van der Waals surface area contributed by atoms with Gasteiger partial charge in [0.25, 0.3) is 0 Å². The molecule has 0 unspecified atom stereocenters. The fraction of sp³-hybridized carbons (Fsp3) is 0.500. The van der Waals surface area contributed by atoms with Crippen molar-refractivity contribution in [3.63, 3.8) is 0 Å². The van der Waals surface area contributed by atoms with Crippen LogP contribution in [0.3, 0.4) is 0 Å². The van der Waals surface area contributed by atoms with E-state index < -0.39 is 10.0 Å². The minimum atomic E-state index is -3.42. The first-order chi connectivity index (χ1) is 9.09. The smallest absolute Gasteiger partial charge is 0.228 e. The van der Waals surface area contributed by atoms with Crippen LogP contribution in [0.25, 0.3) is 0 Å². The molecule has 1 heterocycles. The Morgan fingerprint density at radius 3 is 2.63 bits per heavy atom. The van der Waals surface area contributed by atoms with Crippen LogP contribution in [0.15, 0.2) is 24.3 Å². The summed E-state index contributed by atoms with van der Waals surface area (Å²) in [7, 11) is -3.42. The summed E-state index contributed by atoms with van der Waals surface area (Å²) in [5.74, 6) is -0.0990. The van der Waals surface area contributed by atoms with Crippen molar-refractivity contribution in [3.8, 4) is 0 Å². The number of ether oxygens (including phenoxy) is 1. The third kappa shape index (κ3) is 4.55. The van der Waals surface area contributed by atoms with Crippen LogP contribution in [0.5, 0.6) is 0 Å². The summed E-state index contributed by atoms with van der Waals surface area (Å²) in [6.07, 6.45) is 0. The molecule has 1 saturated heterocycles. The van der Waals surface area contributed by atoms with Gasteiger partial charge in [0.1, 0.15) is 0 Å². The Bertz CT molecular complexity index is 512. The Hall–Kier alpha value is -0.990.